The third-order valence-corrected chi connectivity index (χ3v) is 3.34. The zero-order valence-corrected chi connectivity index (χ0v) is 14.9. The molecule has 0 radical (unpaired) electrons. The molecule has 2 rings (SSSR count). The summed E-state index contributed by atoms with van der Waals surface area (Å²) >= 11 is 0. The van der Waals surface area contributed by atoms with Crippen LogP contribution in [0.15, 0.2) is 48.5 Å². The second-order valence-corrected chi connectivity index (χ2v) is 5.52. The summed E-state index contributed by atoms with van der Waals surface area (Å²) in [6.45, 7) is 0.185. The molecule has 0 aliphatic heterocycles. The average Bonchev–Trinajstić information content (AvgIpc) is 2.66. The maximum absolute atomic E-state index is 13.4. The van der Waals surface area contributed by atoms with Crippen LogP contribution < -0.4 is 15.4 Å². The van der Waals surface area contributed by atoms with Crippen molar-refractivity contribution in [3.63, 3.8) is 0 Å². The van der Waals surface area contributed by atoms with Crippen molar-refractivity contribution in [1.29, 1.82) is 0 Å². The SMILES string of the molecule is CC(=O)c1cccc(OCC(=O)OCC(=O)NC(=O)Nc2ccccc2F)c1. The number of benzene rings is 2. The molecule has 9 heteroatoms. The molecule has 28 heavy (non-hydrogen) atoms. The highest BCUT2D eigenvalue weighted by atomic mass is 19.1. The molecule has 0 fully saturated rings. The van der Waals surface area contributed by atoms with Crippen LogP contribution in [-0.4, -0.2) is 36.9 Å². The maximum atomic E-state index is 13.4. The highest BCUT2D eigenvalue weighted by Crippen LogP contribution is 2.14. The van der Waals surface area contributed by atoms with E-state index in [0.717, 1.165) is 6.07 Å². The number of urea groups is 1. The molecule has 3 amide bonds. The van der Waals surface area contributed by atoms with Gasteiger partial charge >= 0.3 is 12.0 Å². The number of anilines is 1. The van der Waals surface area contributed by atoms with Crippen LogP contribution in [0, 0.1) is 5.82 Å². The van der Waals surface area contributed by atoms with Crippen LogP contribution in [0.3, 0.4) is 0 Å². The van der Waals surface area contributed by atoms with E-state index in [9.17, 15) is 23.6 Å². The monoisotopic (exact) mass is 388 g/mol. The summed E-state index contributed by atoms with van der Waals surface area (Å²) in [6, 6.07) is 10.7. The lowest BCUT2D eigenvalue weighted by atomic mass is 10.1. The molecule has 0 heterocycles. The number of esters is 1. The molecule has 2 aromatic carbocycles. The first kappa shape index (κ1) is 20.6. The smallest absolute Gasteiger partial charge is 0.344 e. The van der Waals surface area contributed by atoms with E-state index in [-0.39, 0.29) is 11.5 Å². The second kappa shape index (κ2) is 9.81. The molecule has 0 spiro atoms. The van der Waals surface area contributed by atoms with Gasteiger partial charge in [-0.15, -0.1) is 0 Å². The number of hydrogen-bond donors (Lipinski definition) is 2. The van der Waals surface area contributed by atoms with E-state index >= 15 is 0 Å². The van der Waals surface area contributed by atoms with Crippen LogP contribution in [0.25, 0.3) is 0 Å². The largest absolute Gasteiger partial charge is 0.482 e. The van der Waals surface area contributed by atoms with E-state index in [1.165, 1.54) is 31.2 Å². The summed E-state index contributed by atoms with van der Waals surface area (Å²) in [4.78, 5) is 46.1. The Morgan fingerprint density at radius 2 is 1.75 bits per heavy atom. The number of halogens is 1. The highest BCUT2D eigenvalue weighted by Gasteiger charge is 2.13. The first-order valence-corrected chi connectivity index (χ1v) is 8.10. The van der Waals surface area contributed by atoms with E-state index in [4.69, 9.17) is 4.74 Å². The van der Waals surface area contributed by atoms with Crippen LogP contribution in [0.1, 0.15) is 17.3 Å². The zero-order valence-electron chi connectivity index (χ0n) is 14.9. The highest BCUT2D eigenvalue weighted by molar-refractivity contribution is 6.01. The van der Waals surface area contributed by atoms with Crippen LogP contribution in [0.5, 0.6) is 5.75 Å². The second-order valence-electron chi connectivity index (χ2n) is 5.52. The van der Waals surface area contributed by atoms with Gasteiger partial charge in [-0.2, -0.15) is 0 Å². The number of Topliss-reactive ketones (excluding diaryl/α,β-unsaturated/α-hetero) is 1. The van der Waals surface area contributed by atoms with Crippen molar-refractivity contribution in [2.75, 3.05) is 18.5 Å². The standard InChI is InChI=1S/C19H17FN2O6/c1-12(23)13-5-4-6-14(9-13)27-11-18(25)28-10-17(24)22-19(26)21-16-8-3-2-7-15(16)20/h2-9H,10-11H2,1H3,(H2,21,22,24,26). The van der Waals surface area contributed by atoms with E-state index in [1.807, 2.05) is 5.32 Å². The Kier molecular flexibility index (Phi) is 7.21. The van der Waals surface area contributed by atoms with Crippen LogP contribution >= 0.6 is 0 Å². The van der Waals surface area contributed by atoms with Gasteiger partial charge in [0, 0.05) is 5.56 Å². The predicted molar refractivity (Wildman–Crippen MR) is 96.5 cm³/mol. The van der Waals surface area contributed by atoms with Crippen LogP contribution in [0.2, 0.25) is 0 Å². The Bertz CT molecular complexity index is 899. The number of nitrogens with one attached hydrogen (secondary N) is 2. The van der Waals surface area contributed by atoms with E-state index in [0.29, 0.717) is 11.3 Å². The van der Waals surface area contributed by atoms with Gasteiger partial charge < -0.3 is 14.8 Å². The predicted octanol–water partition coefficient (Wildman–Crippen LogP) is 2.30. The number of rotatable bonds is 7. The number of amides is 3. The van der Waals surface area contributed by atoms with Crippen molar-refractivity contribution in [1.82, 2.24) is 5.32 Å². The topological polar surface area (TPSA) is 111 Å². The number of para-hydroxylation sites is 1. The normalized spacial score (nSPS) is 9.93. The van der Waals surface area contributed by atoms with Crippen LogP contribution in [-0.2, 0) is 14.3 Å². The number of carbonyl (C=O) groups is 4. The van der Waals surface area contributed by atoms with Gasteiger partial charge in [0.1, 0.15) is 11.6 Å². The van der Waals surface area contributed by atoms with Gasteiger partial charge in [0.15, 0.2) is 19.0 Å². The minimum Gasteiger partial charge on any atom is -0.482 e. The minimum absolute atomic E-state index is 0.106. The third kappa shape index (κ3) is 6.52. The summed E-state index contributed by atoms with van der Waals surface area (Å²) in [5.74, 6) is -2.28. The number of hydrogen-bond acceptors (Lipinski definition) is 6. The summed E-state index contributed by atoms with van der Waals surface area (Å²) in [7, 11) is 0. The third-order valence-electron chi connectivity index (χ3n) is 3.34. The van der Waals surface area contributed by atoms with Crippen LogP contribution in [0.4, 0.5) is 14.9 Å². The van der Waals surface area contributed by atoms with Crippen molar-refractivity contribution in [3.8, 4) is 5.75 Å². The molecule has 0 saturated carbocycles. The lowest BCUT2D eigenvalue weighted by molar-refractivity contribution is -0.150. The number of ketones is 1. The number of carbonyl (C=O) groups excluding carboxylic acids is 4. The fourth-order valence-corrected chi connectivity index (χ4v) is 2.01. The van der Waals surface area contributed by atoms with Gasteiger partial charge in [0.25, 0.3) is 5.91 Å². The summed E-state index contributed by atoms with van der Waals surface area (Å²) in [5, 5.41) is 4.04. The minimum atomic E-state index is -0.969. The van der Waals surface area contributed by atoms with E-state index < -0.39 is 36.9 Å². The molecule has 0 aliphatic carbocycles. The van der Waals surface area contributed by atoms with Gasteiger partial charge in [0.2, 0.25) is 0 Å². The first-order valence-electron chi connectivity index (χ1n) is 8.10. The van der Waals surface area contributed by atoms with Gasteiger partial charge in [-0.25, -0.2) is 14.0 Å². The summed E-state index contributed by atoms with van der Waals surface area (Å²) < 4.78 is 23.3. The Morgan fingerprint density at radius 3 is 2.46 bits per heavy atom. The fraction of sp³-hybridized carbons (Fsp3) is 0.158. The molecule has 2 N–H and O–H groups in total. The number of ether oxygens (including phenoxy) is 2. The van der Waals surface area contributed by atoms with Crippen molar-refractivity contribution >= 4 is 29.4 Å². The fourth-order valence-electron chi connectivity index (χ4n) is 2.01. The average molecular weight is 388 g/mol. The summed E-state index contributed by atoms with van der Waals surface area (Å²) in [6.07, 6.45) is 0. The molecular formula is C19H17FN2O6. The van der Waals surface area contributed by atoms with Gasteiger partial charge in [-0.3, -0.25) is 14.9 Å². The van der Waals surface area contributed by atoms with Crippen molar-refractivity contribution < 1.29 is 33.0 Å². The molecule has 0 bridgehead atoms. The number of imide groups is 1. The lowest BCUT2D eigenvalue weighted by Crippen LogP contribution is -2.37. The molecule has 0 unspecified atom stereocenters. The zero-order chi connectivity index (χ0) is 20.5. The molecule has 0 atom stereocenters. The van der Waals surface area contributed by atoms with E-state index in [2.05, 4.69) is 10.1 Å². The molecule has 0 aliphatic rings. The molecule has 8 nitrogen and oxygen atoms in total. The first-order chi connectivity index (χ1) is 13.3. The van der Waals surface area contributed by atoms with Crippen molar-refractivity contribution in [3.05, 3.63) is 59.9 Å². The van der Waals surface area contributed by atoms with E-state index in [1.54, 1.807) is 18.2 Å². The Labute approximate surface area is 159 Å². The Balaban J connectivity index is 1.72. The van der Waals surface area contributed by atoms with Crippen molar-refractivity contribution in [2.45, 2.75) is 6.92 Å². The Hall–Kier alpha value is -3.75. The van der Waals surface area contributed by atoms with Gasteiger partial charge in [-0.05, 0) is 31.2 Å². The molecule has 0 saturated heterocycles. The maximum Gasteiger partial charge on any atom is 0.344 e. The van der Waals surface area contributed by atoms with Gasteiger partial charge in [-0.1, -0.05) is 24.3 Å². The molecule has 0 aromatic heterocycles. The molecule has 2 aromatic rings. The molecular weight excluding hydrogens is 371 g/mol. The molecule has 146 valence electrons. The quantitative estimate of drug-likeness (QED) is 0.556. The van der Waals surface area contributed by atoms with Crippen molar-refractivity contribution in [2.24, 2.45) is 0 Å². The van der Waals surface area contributed by atoms with Gasteiger partial charge in [0.05, 0.1) is 5.69 Å². The summed E-state index contributed by atoms with van der Waals surface area (Å²) in [5.41, 5.74) is 0.317. The lowest BCUT2D eigenvalue weighted by Gasteiger charge is -2.09. The Morgan fingerprint density at radius 1 is 1.00 bits per heavy atom.